The summed E-state index contributed by atoms with van der Waals surface area (Å²) in [5.41, 5.74) is 0. The van der Waals surface area contributed by atoms with E-state index in [2.05, 4.69) is 5.32 Å². The Labute approximate surface area is 99.9 Å². The van der Waals surface area contributed by atoms with E-state index in [-0.39, 0.29) is 5.92 Å². The van der Waals surface area contributed by atoms with Crippen LogP contribution in [0.1, 0.15) is 20.3 Å². The van der Waals surface area contributed by atoms with Crippen molar-refractivity contribution < 1.29 is 19.4 Å². The third-order valence-electron chi connectivity index (χ3n) is 1.75. The monoisotopic (exact) mass is 249 g/mol. The zero-order valence-electron chi connectivity index (χ0n) is 9.86. The lowest BCUT2D eigenvalue weighted by Gasteiger charge is -2.14. The molecule has 0 saturated heterocycles. The fourth-order valence-corrected chi connectivity index (χ4v) is 1.39. The van der Waals surface area contributed by atoms with Gasteiger partial charge in [0.15, 0.2) is 0 Å². The number of amides is 1. The highest BCUT2D eigenvalue weighted by Gasteiger charge is 2.19. The molecule has 0 spiro atoms. The zero-order chi connectivity index (χ0) is 12.6. The van der Waals surface area contributed by atoms with Gasteiger partial charge < -0.3 is 15.2 Å². The van der Waals surface area contributed by atoms with Crippen LogP contribution < -0.4 is 5.32 Å². The molecule has 0 rings (SSSR count). The van der Waals surface area contributed by atoms with Gasteiger partial charge in [0.05, 0.1) is 6.61 Å². The fraction of sp³-hybridized carbons (Fsp3) is 0.800. The van der Waals surface area contributed by atoms with E-state index in [0.717, 1.165) is 0 Å². The van der Waals surface area contributed by atoms with Crippen LogP contribution in [0.15, 0.2) is 0 Å². The van der Waals surface area contributed by atoms with Crippen LogP contribution in [-0.4, -0.2) is 41.8 Å². The van der Waals surface area contributed by atoms with Gasteiger partial charge in [0, 0.05) is 0 Å². The predicted molar refractivity (Wildman–Crippen MR) is 63.7 cm³/mol. The van der Waals surface area contributed by atoms with Gasteiger partial charge >= 0.3 is 12.1 Å². The average molecular weight is 249 g/mol. The molecule has 0 aliphatic carbocycles. The van der Waals surface area contributed by atoms with Crippen molar-refractivity contribution in [3.8, 4) is 0 Å². The Bertz CT molecular complexity index is 233. The molecule has 94 valence electrons. The molecule has 0 aromatic carbocycles. The van der Waals surface area contributed by atoms with Crippen molar-refractivity contribution in [2.75, 3.05) is 18.6 Å². The molecule has 2 N–H and O–H groups in total. The van der Waals surface area contributed by atoms with Gasteiger partial charge in [-0.3, -0.25) is 0 Å². The number of aliphatic carboxylic acids is 1. The first kappa shape index (κ1) is 15.1. The molecule has 0 saturated carbocycles. The summed E-state index contributed by atoms with van der Waals surface area (Å²) in [5.74, 6) is -0.114. The second kappa shape index (κ2) is 8.27. The lowest BCUT2D eigenvalue weighted by Crippen LogP contribution is -2.41. The Morgan fingerprint density at radius 1 is 1.44 bits per heavy atom. The van der Waals surface area contributed by atoms with Crippen LogP contribution >= 0.6 is 11.8 Å². The molecule has 0 bridgehead atoms. The van der Waals surface area contributed by atoms with E-state index in [1.165, 1.54) is 11.8 Å². The molecule has 0 aliphatic rings. The maximum Gasteiger partial charge on any atom is 0.407 e. The standard InChI is InChI=1S/C10H19NO4S/c1-7(2)6-15-10(14)11-8(9(12)13)4-5-16-3/h7-8H,4-6H2,1-3H3,(H,11,14)(H,12,13)/t8-/m1/s1. The number of carbonyl (C=O) groups is 2. The number of hydrogen-bond donors (Lipinski definition) is 2. The Hall–Kier alpha value is -0.910. The minimum Gasteiger partial charge on any atom is -0.480 e. The number of thioether (sulfide) groups is 1. The number of carboxylic acids is 1. The van der Waals surface area contributed by atoms with Crippen molar-refractivity contribution in [1.29, 1.82) is 0 Å². The number of nitrogens with one attached hydrogen (secondary N) is 1. The Kier molecular flexibility index (Phi) is 7.80. The van der Waals surface area contributed by atoms with Crippen molar-refractivity contribution in [3.05, 3.63) is 0 Å². The topological polar surface area (TPSA) is 75.6 Å². The van der Waals surface area contributed by atoms with Crippen LogP contribution in [0.5, 0.6) is 0 Å². The van der Waals surface area contributed by atoms with E-state index >= 15 is 0 Å². The van der Waals surface area contributed by atoms with E-state index in [4.69, 9.17) is 9.84 Å². The van der Waals surface area contributed by atoms with E-state index < -0.39 is 18.1 Å². The largest absolute Gasteiger partial charge is 0.480 e. The maximum absolute atomic E-state index is 11.2. The third-order valence-corrected chi connectivity index (χ3v) is 2.39. The quantitative estimate of drug-likeness (QED) is 0.716. The zero-order valence-corrected chi connectivity index (χ0v) is 10.7. The van der Waals surface area contributed by atoms with Crippen LogP contribution in [0.3, 0.4) is 0 Å². The van der Waals surface area contributed by atoms with Crippen molar-refractivity contribution in [2.24, 2.45) is 5.92 Å². The molecule has 16 heavy (non-hydrogen) atoms. The summed E-state index contributed by atoms with van der Waals surface area (Å²) in [6, 6.07) is -0.868. The average Bonchev–Trinajstić information content (AvgIpc) is 2.20. The first-order valence-electron chi connectivity index (χ1n) is 5.12. The number of carboxylic acid groups (broad SMARTS) is 1. The summed E-state index contributed by atoms with van der Waals surface area (Å²) < 4.78 is 4.84. The van der Waals surface area contributed by atoms with Gasteiger partial charge in [-0.05, 0) is 24.3 Å². The second-order valence-corrected chi connectivity index (χ2v) is 4.79. The summed E-state index contributed by atoms with van der Waals surface area (Å²) in [5, 5.41) is 11.2. The van der Waals surface area contributed by atoms with Crippen LogP contribution in [0.4, 0.5) is 4.79 Å². The maximum atomic E-state index is 11.2. The molecular weight excluding hydrogens is 230 g/mol. The van der Waals surface area contributed by atoms with Gasteiger partial charge in [0.2, 0.25) is 0 Å². The van der Waals surface area contributed by atoms with Crippen LogP contribution in [-0.2, 0) is 9.53 Å². The van der Waals surface area contributed by atoms with Gasteiger partial charge in [-0.25, -0.2) is 9.59 Å². The molecule has 0 unspecified atom stereocenters. The molecule has 0 aliphatic heterocycles. The van der Waals surface area contributed by atoms with Gasteiger partial charge in [-0.15, -0.1) is 0 Å². The van der Waals surface area contributed by atoms with Crippen molar-refractivity contribution >= 4 is 23.8 Å². The first-order chi connectivity index (χ1) is 7.47. The summed E-state index contributed by atoms with van der Waals surface area (Å²) in [6.45, 7) is 4.12. The van der Waals surface area contributed by atoms with Crippen molar-refractivity contribution in [1.82, 2.24) is 5.32 Å². The van der Waals surface area contributed by atoms with Crippen LogP contribution in [0.25, 0.3) is 0 Å². The Morgan fingerprint density at radius 2 is 2.06 bits per heavy atom. The van der Waals surface area contributed by atoms with Crippen LogP contribution in [0, 0.1) is 5.92 Å². The molecule has 0 heterocycles. The molecular formula is C10H19NO4S. The number of carbonyl (C=O) groups excluding carboxylic acids is 1. The Balaban J connectivity index is 3.98. The molecule has 1 amide bonds. The van der Waals surface area contributed by atoms with Crippen molar-refractivity contribution in [3.63, 3.8) is 0 Å². The number of rotatable bonds is 7. The second-order valence-electron chi connectivity index (χ2n) is 3.81. The smallest absolute Gasteiger partial charge is 0.407 e. The van der Waals surface area contributed by atoms with Crippen LogP contribution in [0.2, 0.25) is 0 Å². The van der Waals surface area contributed by atoms with Gasteiger partial charge in [0.25, 0.3) is 0 Å². The normalized spacial score (nSPS) is 12.2. The molecule has 0 aromatic heterocycles. The number of alkyl carbamates (subject to hydrolysis) is 1. The lowest BCUT2D eigenvalue weighted by molar-refractivity contribution is -0.139. The van der Waals surface area contributed by atoms with E-state index in [9.17, 15) is 9.59 Å². The fourth-order valence-electron chi connectivity index (χ4n) is 0.919. The number of ether oxygens (including phenoxy) is 1. The summed E-state index contributed by atoms with van der Waals surface area (Å²) in [7, 11) is 0. The number of hydrogen-bond acceptors (Lipinski definition) is 4. The van der Waals surface area contributed by atoms with E-state index in [1.54, 1.807) is 0 Å². The van der Waals surface area contributed by atoms with E-state index in [0.29, 0.717) is 18.8 Å². The highest BCUT2D eigenvalue weighted by atomic mass is 32.2. The predicted octanol–water partition coefficient (Wildman–Crippen LogP) is 1.57. The summed E-state index contributed by atoms with van der Waals surface area (Å²) >= 11 is 1.54. The van der Waals surface area contributed by atoms with Gasteiger partial charge in [0.1, 0.15) is 6.04 Å². The van der Waals surface area contributed by atoms with Crippen molar-refractivity contribution in [2.45, 2.75) is 26.3 Å². The Morgan fingerprint density at radius 3 is 2.50 bits per heavy atom. The SMILES string of the molecule is CSCC[C@@H](NC(=O)OCC(C)C)C(=O)O. The molecule has 5 nitrogen and oxygen atoms in total. The highest BCUT2D eigenvalue weighted by Crippen LogP contribution is 2.02. The van der Waals surface area contributed by atoms with Gasteiger partial charge in [-0.1, -0.05) is 13.8 Å². The van der Waals surface area contributed by atoms with Gasteiger partial charge in [-0.2, -0.15) is 11.8 Å². The summed E-state index contributed by atoms with van der Waals surface area (Å²) in [4.78, 5) is 22.0. The summed E-state index contributed by atoms with van der Waals surface area (Å²) in [6.07, 6.45) is 1.62. The minimum absolute atomic E-state index is 0.236. The molecule has 0 aromatic rings. The highest BCUT2D eigenvalue weighted by molar-refractivity contribution is 7.98. The third kappa shape index (κ3) is 7.39. The van der Waals surface area contributed by atoms with E-state index in [1.807, 2.05) is 20.1 Å². The molecule has 6 heteroatoms. The minimum atomic E-state index is -1.03. The molecule has 0 radical (unpaired) electrons. The lowest BCUT2D eigenvalue weighted by atomic mass is 10.2. The molecule has 0 fully saturated rings. The molecule has 1 atom stereocenters. The first-order valence-corrected chi connectivity index (χ1v) is 6.51.